The lowest BCUT2D eigenvalue weighted by Gasteiger charge is -2.29. The second-order valence-electron chi connectivity index (χ2n) is 4.82. The molecule has 17 heavy (non-hydrogen) atoms. The highest BCUT2D eigenvalue weighted by molar-refractivity contribution is 6.53. The minimum absolute atomic E-state index is 0.0769. The Hall–Kier alpha value is -0.480. The van der Waals surface area contributed by atoms with Crippen LogP contribution in [0.15, 0.2) is 0 Å². The molecule has 1 amide bonds. The molecule has 98 valence electrons. The molecular weight excluding hydrogens is 265 g/mol. The molecule has 1 saturated carbocycles. The SMILES string of the molecule is COC(=O)CN(C(=O)C1(C)CC1(Cl)Cl)C(C)C. The third-order valence-corrected chi connectivity index (χ3v) is 4.24. The summed E-state index contributed by atoms with van der Waals surface area (Å²) in [6.45, 7) is 5.29. The molecule has 1 fully saturated rings. The number of amides is 1. The highest BCUT2D eigenvalue weighted by atomic mass is 35.5. The molecule has 1 unspecified atom stereocenters. The van der Waals surface area contributed by atoms with Gasteiger partial charge in [0.2, 0.25) is 5.91 Å². The van der Waals surface area contributed by atoms with E-state index >= 15 is 0 Å². The average Bonchev–Trinajstić information content (AvgIpc) is 2.74. The molecule has 0 aromatic rings. The molecule has 0 aromatic heterocycles. The van der Waals surface area contributed by atoms with Crippen LogP contribution in [0.4, 0.5) is 0 Å². The monoisotopic (exact) mass is 281 g/mol. The normalized spacial score (nSPS) is 25.6. The van der Waals surface area contributed by atoms with Crippen LogP contribution in [0.3, 0.4) is 0 Å². The number of hydrogen-bond acceptors (Lipinski definition) is 3. The summed E-state index contributed by atoms with van der Waals surface area (Å²) in [5, 5.41) is 0. The summed E-state index contributed by atoms with van der Waals surface area (Å²) in [5.41, 5.74) is -0.797. The molecular formula is C11H17Cl2NO3. The highest BCUT2D eigenvalue weighted by Gasteiger charge is 2.69. The van der Waals surface area contributed by atoms with Crippen molar-refractivity contribution in [3.05, 3.63) is 0 Å². The quantitative estimate of drug-likeness (QED) is 0.585. The zero-order chi connectivity index (χ0) is 13.4. The van der Waals surface area contributed by atoms with Gasteiger partial charge in [0.25, 0.3) is 0 Å². The first-order valence-electron chi connectivity index (χ1n) is 5.41. The van der Waals surface area contributed by atoms with Crippen LogP contribution in [0, 0.1) is 5.41 Å². The predicted molar refractivity (Wildman–Crippen MR) is 66.0 cm³/mol. The number of hydrogen-bond donors (Lipinski definition) is 0. The van der Waals surface area contributed by atoms with Crippen LogP contribution in [-0.2, 0) is 14.3 Å². The Morgan fingerprint density at radius 3 is 2.18 bits per heavy atom. The Balaban J connectivity index is 2.80. The van der Waals surface area contributed by atoms with Gasteiger partial charge in [0, 0.05) is 6.04 Å². The van der Waals surface area contributed by atoms with Gasteiger partial charge >= 0.3 is 5.97 Å². The van der Waals surface area contributed by atoms with Crippen LogP contribution < -0.4 is 0 Å². The summed E-state index contributed by atoms with van der Waals surface area (Å²) in [4.78, 5) is 25.0. The molecule has 1 rings (SSSR count). The Labute approximate surface area is 111 Å². The van der Waals surface area contributed by atoms with Gasteiger partial charge in [0.15, 0.2) is 0 Å². The van der Waals surface area contributed by atoms with Crippen LogP contribution in [0.1, 0.15) is 27.2 Å². The Kier molecular flexibility index (Phi) is 3.99. The van der Waals surface area contributed by atoms with Crippen molar-refractivity contribution in [3.8, 4) is 0 Å². The molecule has 4 nitrogen and oxygen atoms in total. The van der Waals surface area contributed by atoms with Crippen molar-refractivity contribution in [3.63, 3.8) is 0 Å². The van der Waals surface area contributed by atoms with Crippen molar-refractivity contribution in [1.29, 1.82) is 0 Å². The van der Waals surface area contributed by atoms with Crippen LogP contribution in [0.25, 0.3) is 0 Å². The summed E-state index contributed by atoms with van der Waals surface area (Å²) < 4.78 is 3.55. The van der Waals surface area contributed by atoms with Gasteiger partial charge in [-0.15, -0.1) is 23.2 Å². The molecule has 0 radical (unpaired) electrons. The number of rotatable bonds is 4. The summed E-state index contributed by atoms with van der Waals surface area (Å²) >= 11 is 11.9. The van der Waals surface area contributed by atoms with Gasteiger partial charge < -0.3 is 9.64 Å². The van der Waals surface area contributed by atoms with E-state index in [-0.39, 0.29) is 18.5 Å². The molecule has 1 aliphatic carbocycles. The Morgan fingerprint density at radius 1 is 1.41 bits per heavy atom. The minimum Gasteiger partial charge on any atom is -0.468 e. The number of nitrogens with zero attached hydrogens (tertiary/aromatic N) is 1. The molecule has 1 aliphatic rings. The number of alkyl halides is 2. The van der Waals surface area contributed by atoms with Crippen molar-refractivity contribution in [1.82, 2.24) is 4.90 Å². The van der Waals surface area contributed by atoms with E-state index in [0.29, 0.717) is 6.42 Å². The first-order chi connectivity index (χ1) is 7.65. The summed E-state index contributed by atoms with van der Waals surface area (Å²) in [5.74, 6) is -0.658. The van der Waals surface area contributed by atoms with Crippen LogP contribution in [0.2, 0.25) is 0 Å². The minimum atomic E-state index is -1.02. The average molecular weight is 282 g/mol. The molecule has 0 aliphatic heterocycles. The van der Waals surface area contributed by atoms with E-state index in [2.05, 4.69) is 4.74 Å². The molecule has 0 bridgehead atoms. The van der Waals surface area contributed by atoms with E-state index in [4.69, 9.17) is 23.2 Å². The summed E-state index contributed by atoms with van der Waals surface area (Å²) in [6, 6.07) is -0.108. The standard InChI is InChI=1S/C11H17Cl2NO3/c1-7(2)14(5-8(15)17-4)9(16)10(3)6-11(10,12)13/h7H,5-6H2,1-4H3. The van der Waals surface area contributed by atoms with Gasteiger partial charge in [0.05, 0.1) is 12.5 Å². The van der Waals surface area contributed by atoms with Crippen molar-refractivity contribution < 1.29 is 14.3 Å². The predicted octanol–water partition coefficient (Wildman–Crippen LogP) is 1.98. The number of halogens is 2. The molecule has 0 aromatic carbocycles. The van der Waals surface area contributed by atoms with E-state index in [1.807, 2.05) is 13.8 Å². The lowest BCUT2D eigenvalue weighted by atomic mass is 10.1. The van der Waals surface area contributed by atoms with Gasteiger partial charge in [0.1, 0.15) is 10.9 Å². The molecule has 6 heteroatoms. The maximum atomic E-state index is 12.3. The molecule has 0 heterocycles. The van der Waals surface area contributed by atoms with Crippen LogP contribution in [0.5, 0.6) is 0 Å². The number of carbonyl (C=O) groups excluding carboxylic acids is 2. The van der Waals surface area contributed by atoms with E-state index in [1.54, 1.807) is 6.92 Å². The fourth-order valence-electron chi connectivity index (χ4n) is 1.64. The first kappa shape index (κ1) is 14.6. The van der Waals surface area contributed by atoms with Gasteiger partial charge in [-0.05, 0) is 27.2 Å². The van der Waals surface area contributed by atoms with Gasteiger partial charge in [-0.1, -0.05) is 0 Å². The maximum absolute atomic E-state index is 12.3. The van der Waals surface area contributed by atoms with E-state index in [1.165, 1.54) is 12.0 Å². The first-order valence-corrected chi connectivity index (χ1v) is 6.17. The van der Waals surface area contributed by atoms with Crippen molar-refractivity contribution >= 4 is 35.1 Å². The van der Waals surface area contributed by atoms with Crippen LogP contribution >= 0.6 is 23.2 Å². The lowest BCUT2D eigenvalue weighted by molar-refractivity contribution is -0.150. The summed E-state index contributed by atoms with van der Waals surface area (Å²) in [7, 11) is 1.29. The third kappa shape index (κ3) is 2.68. The molecule has 0 N–H and O–H groups in total. The molecule has 1 atom stereocenters. The second kappa shape index (κ2) is 4.65. The number of esters is 1. The zero-order valence-corrected chi connectivity index (χ0v) is 11.9. The number of methoxy groups -OCH3 is 1. The Bertz CT molecular complexity index is 344. The third-order valence-electron chi connectivity index (χ3n) is 3.14. The summed E-state index contributed by atoms with van der Waals surface area (Å²) in [6.07, 6.45) is 0.409. The van der Waals surface area contributed by atoms with E-state index < -0.39 is 15.7 Å². The Morgan fingerprint density at radius 2 is 1.88 bits per heavy atom. The number of ether oxygens (including phenoxy) is 1. The fraction of sp³-hybridized carbons (Fsp3) is 0.818. The fourth-order valence-corrected chi connectivity index (χ4v) is 2.34. The second-order valence-corrected chi connectivity index (χ2v) is 6.30. The van der Waals surface area contributed by atoms with Gasteiger partial charge in [-0.25, -0.2) is 0 Å². The smallest absolute Gasteiger partial charge is 0.325 e. The zero-order valence-electron chi connectivity index (χ0n) is 10.4. The molecule has 0 spiro atoms. The largest absolute Gasteiger partial charge is 0.468 e. The lowest BCUT2D eigenvalue weighted by Crippen LogP contribution is -2.45. The maximum Gasteiger partial charge on any atom is 0.325 e. The topological polar surface area (TPSA) is 46.6 Å². The van der Waals surface area contributed by atoms with Crippen molar-refractivity contribution in [2.45, 2.75) is 37.6 Å². The van der Waals surface area contributed by atoms with Crippen LogP contribution in [-0.4, -0.2) is 40.8 Å². The van der Waals surface area contributed by atoms with E-state index in [9.17, 15) is 9.59 Å². The van der Waals surface area contributed by atoms with Gasteiger partial charge in [-0.3, -0.25) is 9.59 Å². The van der Waals surface area contributed by atoms with Crippen molar-refractivity contribution in [2.24, 2.45) is 5.41 Å². The molecule has 0 saturated heterocycles. The number of carbonyl (C=O) groups is 2. The van der Waals surface area contributed by atoms with E-state index in [0.717, 1.165) is 0 Å². The van der Waals surface area contributed by atoms with Crippen molar-refractivity contribution in [2.75, 3.05) is 13.7 Å². The van der Waals surface area contributed by atoms with Gasteiger partial charge in [-0.2, -0.15) is 0 Å². The highest BCUT2D eigenvalue weighted by Crippen LogP contribution is 2.64.